The maximum absolute atomic E-state index is 6.20. The molecule has 0 heterocycles. The number of benzene rings is 1. The Morgan fingerprint density at radius 2 is 1.00 bits per heavy atom. The van der Waals surface area contributed by atoms with Crippen LogP contribution in [-0.4, -0.2) is 29.8 Å². The Hall–Kier alpha value is -1.31. The first-order valence-electron chi connectivity index (χ1n) is 11.0. The van der Waals surface area contributed by atoms with E-state index in [2.05, 4.69) is 91.4 Å². The van der Waals surface area contributed by atoms with Crippen LogP contribution in [0.5, 0.6) is 0 Å². The Kier molecular flexibility index (Phi) is 9.65. The molecule has 0 fully saturated rings. The van der Waals surface area contributed by atoms with Gasteiger partial charge in [0.2, 0.25) is 0 Å². The fourth-order valence-electron chi connectivity index (χ4n) is 2.16. The van der Waals surface area contributed by atoms with Crippen LogP contribution in [0.3, 0.4) is 0 Å². The lowest BCUT2D eigenvalue weighted by Crippen LogP contribution is -2.40. The van der Waals surface area contributed by atoms with Crippen molar-refractivity contribution in [1.29, 1.82) is 0 Å². The van der Waals surface area contributed by atoms with Crippen molar-refractivity contribution in [1.82, 2.24) is 0 Å². The van der Waals surface area contributed by atoms with Crippen molar-refractivity contribution in [3.63, 3.8) is 0 Å². The van der Waals surface area contributed by atoms with Crippen LogP contribution < -0.4 is 0 Å². The van der Waals surface area contributed by atoms with Crippen molar-refractivity contribution in [2.45, 2.75) is 90.6 Å². The summed E-state index contributed by atoms with van der Waals surface area (Å²) in [5, 5.41) is 0.466. The molecule has 0 radical (unpaired) electrons. The Morgan fingerprint density at radius 1 is 0.667 bits per heavy atom. The standard InChI is InChI=1S/C26H42O2Si2/c1-25(2,3)29(7,8)27-21-15-13-19-23-17-11-12-18-24(23)20-14-16-22-28-30(9,10)26(4,5)6/h11-12,17-18H,15-16,21-22H2,1-10H3. The SMILES string of the molecule is CC(C)(C)[Si](C)(C)OCCC#Cc1ccccc1C#CCCO[Si](C)(C)C(C)(C)C. The Bertz CT molecular complexity index is 735. The maximum atomic E-state index is 6.20. The van der Waals surface area contributed by atoms with Crippen molar-refractivity contribution >= 4 is 16.6 Å². The molecule has 0 aliphatic rings. The highest BCUT2D eigenvalue weighted by Crippen LogP contribution is 2.37. The molecule has 4 heteroatoms. The van der Waals surface area contributed by atoms with Crippen molar-refractivity contribution in [3.05, 3.63) is 35.4 Å². The smallest absolute Gasteiger partial charge is 0.192 e. The lowest BCUT2D eigenvalue weighted by Gasteiger charge is -2.35. The summed E-state index contributed by atoms with van der Waals surface area (Å²) in [4.78, 5) is 0. The van der Waals surface area contributed by atoms with Gasteiger partial charge in [-0.3, -0.25) is 0 Å². The Balaban J connectivity index is 2.63. The highest BCUT2D eigenvalue weighted by molar-refractivity contribution is 6.74. The number of hydrogen-bond acceptors (Lipinski definition) is 2. The molecule has 0 saturated carbocycles. The topological polar surface area (TPSA) is 18.5 Å². The molecule has 30 heavy (non-hydrogen) atoms. The lowest BCUT2D eigenvalue weighted by atomic mass is 10.1. The van der Waals surface area contributed by atoms with E-state index in [-0.39, 0.29) is 10.1 Å². The molecule has 0 unspecified atom stereocenters. The van der Waals surface area contributed by atoms with Gasteiger partial charge in [0, 0.05) is 37.2 Å². The maximum Gasteiger partial charge on any atom is 0.192 e. The van der Waals surface area contributed by atoms with E-state index in [9.17, 15) is 0 Å². The van der Waals surface area contributed by atoms with Gasteiger partial charge in [0.05, 0.1) is 0 Å². The van der Waals surface area contributed by atoms with Crippen LogP contribution in [0.4, 0.5) is 0 Å². The third-order valence-electron chi connectivity index (χ3n) is 6.37. The monoisotopic (exact) mass is 442 g/mol. The molecule has 0 spiro atoms. The van der Waals surface area contributed by atoms with Crippen molar-refractivity contribution in [3.8, 4) is 23.7 Å². The summed E-state index contributed by atoms with van der Waals surface area (Å²) in [5.74, 6) is 13.1. The van der Waals surface area contributed by atoms with Gasteiger partial charge < -0.3 is 8.85 Å². The van der Waals surface area contributed by atoms with Gasteiger partial charge in [0.1, 0.15) is 0 Å². The van der Waals surface area contributed by atoms with Crippen LogP contribution in [-0.2, 0) is 8.85 Å². The van der Waals surface area contributed by atoms with E-state index in [0.717, 1.165) is 24.0 Å². The molecule has 2 nitrogen and oxygen atoms in total. The normalized spacial score (nSPS) is 12.6. The summed E-state index contributed by atoms with van der Waals surface area (Å²) in [5.41, 5.74) is 1.98. The summed E-state index contributed by atoms with van der Waals surface area (Å²) < 4.78 is 12.4. The van der Waals surface area contributed by atoms with Crippen LogP contribution in [0.2, 0.25) is 36.3 Å². The van der Waals surface area contributed by atoms with E-state index in [1.54, 1.807) is 0 Å². The zero-order valence-electron chi connectivity index (χ0n) is 21.0. The van der Waals surface area contributed by atoms with Crippen molar-refractivity contribution < 1.29 is 8.85 Å². The van der Waals surface area contributed by atoms with Crippen LogP contribution in [0.1, 0.15) is 65.5 Å². The highest BCUT2D eigenvalue weighted by atomic mass is 28.4. The molecule has 0 N–H and O–H groups in total. The predicted molar refractivity (Wildman–Crippen MR) is 136 cm³/mol. The van der Waals surface area contributed by atoms with Gasteiger partial charge >= 0.3 is 0 Å². The first-order valence-corrected chi connectivity index (χ1v) is 16.8. The van der Waals surface area contributed by atoms with Gasteiger partial charge in [0.15, 0.2) is 16.6 Å². The van der Waals surface area contributed by atoms with Crippen molar-refractivity contribution in [2.24, 2.45) is 0 Å². The second kappa shape index (κ2) is 10.8. The zero-order chi connectivity index (χ0) is 23.1. The van der Waals surface area contributed by atoms with E-state index in [1.807, 2.05) is 24.3 Å². The predicted octanol–water partition coefficient (Wildman–Crippen LogP) is 7.21. The van der Waals surface area contributed by atoms with Gasteiger partial charge in [-0.1, -0.05) is 77.4 Å². The van der Waals surface area contributed by atoms with Gasteiger partial charge in [0.25, 0.3) is 0 Å². The molecule has 166 valence electrons. The molecule has 0 saturated heterocycles. The van der Waals surface area contributed by atoms with Crippen molar-refractivity contribution in [2.75, 3.05) is 13.2 Å². The van der Waals surface area contributed by atoms with Gasteiger partial charge in [-0.2, -0.15) is 0 Å². The molecular weight excluding hydrogens is 400 g/mol. The van der Waals surface area contributed by atoms with E-state index in [1.165, 1.54) is 0 Å². The number of hydrogen-bond donors (Lipinski definition) is 0. The first-order chi connectivity index (χ1) is 13.7. The van der Waals surface area contributed by atoms with E-state index in [4.69, 9.17) is 8.85 Å². The average Bonchev–Trinajstić information content (AvgIpc) is 2.60. The van der Waals surface area contributed by atoms with E-state index in [0.29, 0.717) is 13.2 Å². The Labute approximate surface area is 188 Å². The minimum atomic E-state index is -1.70. The van der Waals surface area contributed by atoms with E-state index >= 15 is 0 Å². The Morgan fingerprint density at radius 3 is 1.30 bits per heavy atom. The van der Waals surface area contributed by atoms with Gasteiger partial charge in [-0.05, 0) is 48.4 Å². The summed E-state index contributed by atoms with van der Waals surface area (Å²) in [6.07, 6.45) is 1.49. The van der Waals surface area contributed by atoms with Gasteiger partial charge in [-0.15, -0.1) is 0 Å². The number of rotatable bonds is 6. The molecule has 0 bridgehead atoms. The highest BCUT2D eigenvalue weighted by Gasteiger charge is 2.37. The second-order valence-electron chi connectivity index (χ2n) is 10.9. The summed E-state index contributed by atoms with van der Waals surface area (Å²) in [7, 11) is -3.39. The summed E-state index contributed by atoms with van der Waals surface area (Å²) in [6.45, 7) is 24.1. The molecule has 1 aromatic rings. The second-order valence-corrected chi connectivity index (χ2v) is 20.5. The third kappa shape index (κ3) is 8.44. The van der Waals surface area contributed by atoms with Crippen LogP contribution in [0.25, 0.3) is 0 Å². The van der Waals surface area contributed by atoms with Gasteiger partial charge in [-0.25, -0.2) is 0 Å². The van der Waals surface area contributed by atoms with E-state index < -0.39 is 16.6 Å². The largest absolute Gasteiger partial charge is 0.416 e. The molecule has 0 atom stereocenters. The molecule has 0 aliphatic carbocycles. The summed E-state index contributed by atoms with van der Waals surface area (Å²) >= 11 is 0. The quantitative estimate of drug-likeness (QED) is 0.263. The lowest BCUT2D eigenvalue weighted by molar-refractivity contribution is 0.296. The average molecular weight is 443 g/mol. The van der Waals surface area contributed by atoms with Crippen LogP contribution in [0.15, 0.2) is 24.3 Å². The molecule has 0 amide bonds. The zero-order valence-corrected chi connectivity index (χ0v) is 23.0. The molecule has 0 aromatic heterocycles. The fourth-order valence-corrected chi connectivity index (χ4v) is 4.25. The molecule has 0 aliphatic heterocycles. The molecule has 1 rings (SSSR count). The minimum absolute atomic E-state index is 0.233. The fraction of sp³-hybridized carbons (Fsp3) is 0.615. The van der Waals surface area contributed by atoms with Crippen LogP contribution in [0, 0.1) is 23.7 Å². The minimum Gasteiger partial charge on any atom is -0.416 e. The van der Waals surface area contributed by atoms with Crippen LogP contribution >= 0.6 is 0 Å². The molecular formula is C26H42O2Si2. The first kappa shape index (κ1) is 26.7. The summed E-state index contributed by atoms with van der Waals surface area (Å²) in [6, 6.07) is 8.11. The third-order valence-corrected chi connectivity index (χ3v) is 15.4. The molecule has 1 aromatic carbocycles.